The highest BCUT2D eigenvalue weighted by atomic mass is 35.5. The molecule has 0 spiro atoms. The lowest BCUT2D eigenvalue weighted by Crippen LogP contribution is -2.20. The number of anilines is 2. The van der Waals surface area contributed by atoms with Gasteiger partial charge in [-0.1, -0.05) is 29.3 Å². The van der Waals surface area contributed by atoms with E-state index in [1.807, 2.05) is 19.9 Å². The van der Waals surface area contributed by atoms with E-state index in [4.69, 9.17) is 27.9 Å². The molecule has 6 nitrogen and oxygen atoms in total. The van der Waals surface area contributed by atoms with Gasteiger partial charge < -0.3 is 10.1 Å². The number of hydrogen-bond acceptors (Lipinski definition) is 4. The molecule has 3 aromatic carbocycles. The Balaban J connectivity index is 1.60. The Labute approximate surface area is 191 Å². The summed E-state index contributed by atoms with van der Waals surface area (Å²) in [5, 5.41) is 3.39. The Morgan fingerprint density at radius 1 is 0.935 bits per heavy atom. The predicted molar refractivity (Wildman–Crippen MR) is 124 cm³/mol. The minimum atomic E-state index is -3.75. The van der Waals surface area contributed by atoms with Crippen LogP contribution in [0.2, 0.25) is 10.0 Å². The van der Waals surface area contributed by atoms with E-state index < -0.39 is 15.9 Å². The highest BCUT2D eigenvalue weighted by Crippen LogP contribution is 2.25. The third kappa shape index (κ3) is 6.13. The van der Waals surface area contributed by atoms with Crippen molar-refractivity contribution in [3.8, 4) is 5.75 Å². The van der Waals surface area contributed by atoms with Gasteiger partial charge in [-0.3, -0.25) is 9.52 Å². The molecule has 0 atom stereocenters. The van der Waals surface area contributed by atoms with Gasteiger partial charge in [-0.05, 0) is 79.6 Å². The summed E-state index contributed by atoms with van der Waals surface area (Å²) in [6.45, 7) is 3.59. The molecule has 31 heavy (non-hydrogen) atoms. The second-order valence-electron chi connectivity index (χ2n) is 6.84. The summed E-state index contributed by atoms with van der Waals surface area (Å²) >= 11 is 11.9. The van der Waals surface area contributed by atoms with Crippen LogP contribution in [-0.4, -0.2) is 20.9 Å². The van der Waals surface area contributed by atoms with Crippen molar-refractivity contribution in [2.45, 2.75) is 18.7 Å². The van der Waals surface area contributed by atoms with Crippen LogP contribution in [0.1, 0.15) is 11.1 Å². The summed E-state index contributed by atoms with van der Waals surface area (Å²) in [4.78, 5) is 12.2. The number of benzene rings is 3. The van der Waals surface area contributed by atoms with Gasteiger partial charge in [-0.15, -0.1) is 0 Å². The number of aryl methyl sites for hydroxylation is 2. The molecule has 0 aliphatic carbocycles. The zero-order valence-electron chi connectivity index (χ0n) is 16.8. The van der Waals surface area contributed by atoms with E-state index in [9.17, 15) is 13.2 Å². The summed E-state index contributed by atoms with van der Waals surface area (Å²) in [5.41, 5.74) is 2.92. The first-order chi connectivity index (χ1) is 14.6. The first kappa shape index (κ1) is 22.9. The normalized spacial score (nSPS) is 11.1. The van der Waals surface area contributed by atoms with Gasteiger partial charge in [0.25, 0.3) is 15.9 Å². The van der Waals surface area contributed by atoms with Crippen LogP contribution in [0.4, 0.5) is 11.4 Å². The fourth-order valence-corrected chi connectivity index (χ4v) is 4.05. The second-order valence-corrected chi connectivity index (χ2v) is 9.36. The molecule has 0 radical (unpaired) electrons. The SMILES string of the molecule is Cc1ccc(NS(=O)(=O)c2ccc(OCC(=O)Nc3cc(Cl)ccc3Cl)cc2)cc1C. The van der Waals surface area contributed by atoms with E-state index in [0.29, 0.717) is 27.2 Å². The smallest absolute Gasteiger partial charge is 0.262 e. The monoisotopic (exact) mass is 478 g/mol. The molecule has 0 aromatic heterocycles. The Morgan fingerprint density at radius 2 is 1.65 bits per heavy atom. The van der Waals surface area contributed by atoms with Gasteiger partial charge in [-0.2, -0.15) is 0 Å². The van der Waals surface area contributed by atoms with Crippen molar-refractivity contribution in [1.82, 2.24) is 0 Å². The molecule has 0 bridgehead atoms. The fraction of sp³-hybridized carbons (Fsp3) is 0.136. The molecular formula is C22H20Cl2N2O4S. The molecule has 0 fully saturated rings. The molecule has 3 rings (SSSR count). The lowest BCUT2D eigenvalue weighted by molar-refractivity contribution is -0.118. The van der Waals surface area contributed by atoms with Crippen LogP contribution >= 0.6 is 23.2 Å². The number of halogens is 2. The van der Waals surface area contributed by atoms with Gasteiger partial charge in [0.1, 0.15) is 5.75 Å². The van der Waals surface area contributed by atoms with Crippen LogP contribution in [0.25, 0.3) is 0 Å². The second kappa shape index (κ2) is 9.60. The first-order valence-corrected chi connectivity index (χ1v) is 11.5. The van der Waals surface area contributed by atoms with Crippen LogP contribution in [0.5, 0.6) is 5.75 Å². The minimum Gasteiger partial charge on any atom is -0.484 e. The molecule has 0 saturated carbocycles. The summed E-state index contributed by atoms with van der Waals surface area (Å²) in [6, 6.07) is 15.8. The van der Waals surface area contributed by atoms with Gasteiger partial charge in [-0.25, -0.2) is 8.42 Å². The van der Waals surface area contributed by atoms with Crippen molar-refractivity contribution in [2.75, 3.05) is 16.6 Å². The summed E-state index contributed by atoms with van der Waals surface area (Å²) < 4.78 is 33.2. The van der Waals surface area contributed by atoms with Gasteiger partial charge in [0, 0.05) is 10.7 Å². The van der Waals surface area contributed by atoms with Crippen LogP contribution in [0.3, 0.4) is 0 Å². The molecule has 0 saturated heterocycles. The molecule has 0 unspecified atom stereocenters. The van der Waals surface area contributed by atoms with Crippen LogP contribution < -0.4 is 14.8 Å². The lowest BCUT2D eigenvalue weighted by Gasteiger charge is -2.11. The maximum Gasteiger partial charge on any atom is 0.262 e. The van der Waals surface area contributed by atoms with E-state index >= 15 is 0 Å². The van der Waals surface area contributed by atoms with Crippen molar-refractivity contribution < 1.29 is 17.9 Å². The molecule has 0 heterocycles. The van der Waals surface area contributed by atoms with Crippen molar-refractivity contribution in [3.05, 3.63) is 81.8 Å². The largest absolute Gasteiger partial charge is 0.484 e. The number of ether oxygens (including phenoxy) is 1. The third-order valence-electron chi connectivity index (χ3n) is 4.47. The summed E-state index contributed by atoms with van der Waals surface area (Å²) in [5.74, 6) is -0.0882. The number of nitrogens with one attached hydrogen (secondary N) is 2. The molecule has 0 aliphatic rings. The molecule has 0 aliphatic heterocycles. The minimum absolute atomic E-state index is 0.0771. The van der Waals surface area contributed by atoms with Crippen LogP contribution in [-0.2, 0) is 14.8 Å². The number of rotatable bonds is 7. The lowest BCUT2D eigenvalue weighted by atomic mass is 10.1. The van der Waals surface area contributed by atoms with Gasteiger partial charge in [0.05, 0.1) is 15.6 Å². The van der Waals surface area contributed by atoms with Crippen molar-refractivity contribution in [2.24, 2.45) is 0 Å². The first-order valence-electron chi connectivity index (χ1n) is 9.22. The summed E-state index contributed by atoms with van der Waals surface area (Å²) in [7, 11) is -3.75. The molecule has 1 amide bonds. The Morgan fingerprint density at radius 3 is 2.32 bits per heavy atom. The van der Waals surface area contributed by atoms with Gasteiger partial charge in [0.15, 0.2) is 6.61 Å². The number of carbonyl (C=O) groups is 1. The molecule has 9 heteroatoms. The third-order valence-corrected chi connectivity index (χ3v) is 6.43. The maximum absolute atomic E-state index is 12.6. The average molecular weight is 479 g/mol. The van der Waals surface area contributed by atoms with E-state index in [-0.39, 0.29) is 11.5 Å². The van der Waals surface area contributed by atoms with Gasteiger partial charge in [0.2, 0.25) is 0 Å². The molecule has 3 aromatic rings. The van der Waals surface area contributed by atoms with E-state index in [1.54, 1.807) is 24.3 Å². The zero-order valence-corrected chi connectivity index (χ0v) is 19.1. The number of hydrogen-bond donors (Lipinski definition) is 2. The molecule has 2 N–H and O–H groups in total. The van der Waals surface area contributed by atoms with E-state index in [1.165, 1.54) is 30.3 Å². The quantitative estimate of drug-likeness (QED) is 0.474. The summed E-state index contributed by atoms with van der Waals surface area (Å²) in [6.07, 6.45) is 0. The van der Waals surface area contributed by atoms with Crippen LogP contribution in [0, 0.1) is 13.8 Å². The Bertz CT molecular complexity index is 1210. The van der Waals surface area contributed by atoms with Crippen molar-refractivity contribution in [1.29, 1.82) is 0 Å². The van der Waals surface area contributed by atoms with E-state index in [0.717, 1.165) is 11.1 Å². The highest BCUT2D eigenvalue weighted by molar-refractivity contribution is 7.92. The fourth-order valence-electron chi connectivity index (χ4n) is 2.66. The van der Waals surface area contributed by atoms with Crippen molar-refractivity contribution >= 4 is 50.5 Å². The average Bonchev–Trinajstić information content (AvgIpc) is 2.72. The molecular weight excluding hydrogens is 459 g/mol. The standard InChI is InChI=1S/C22H20Cl2N2O4S/c1-14-3-5-17(11-15(14)2)26-31(28,29)19-8-6-18(7-9-19)30-13-22(27)25-21-12-16(23)4-10-20(21)24/h3-12,26H,13H2,1-2H3,(H,25,27). The predicted octanol–water partition coefficient (Wildman–Crippen LogP) is 5.43. The maximum atomic E-state index is 12.6. The molecule has 162 valence electrons. The Hall–Kier alpha value is -2.74. The zero-order chi connectivity index (χ0) is 22.6. The Kier molecular flexibility index (Phi) is 7.10. The number of carbonyl (C=O) groups excluding carboxylic acids is 1. The number of sulfonamides is 1. The van der Waals surface area contributed by atoms with Gasteiger partial charge >= 0.3 is 0 Å². The number of amides is 1. The highest BCUT2D eigenvalue weighted by Gasteiger charge is 2.15. The topological polar surface area (TPSA) is 84.5 Å². The van der Waals surface area contributed by atoms with Crippen LogP contribution in [0.15, 0.2) is 65.6 Å². The van der Waals surface area contributed by atoms with Crippen molar-refractivity contribution in [3.63, 3.8) is 0 Å². The van der Waals surface area contributed by atoms with E-state index in [2.05, 4.69) is 10.0 Å².